The lowest BCUT2D eigenvalue weighted by molar-refractivity contribution is -0.134. The van der Waals surface area contributed by atoms with Crippen molar-refractivity contribution < 1.29 is 27.8 Å². The van der Waals surface area contributed by atoms with Crippen LogP contribution in [0, 0.1) is 23.5 Å². The SMILES string of the molecule is O=C1CCCN1C(c1cccnc1)[C@@H](OCC1CC1)c1ccc(F)cc1.O=C1CCCN1[C@@H](c1cccnc1)C(OCC1CC1)c1ccc(F)cc1. The van der Waals surface area contributed by atoms with E-state index in [1.165, 1.54) is 49.9 Å². The molecule has 2 aliphatic carbocycles. The van der Waals surface area contributed by atoms with Crippen LogP contribution in [0.5, 0.6) is 0 Å². The minimum absolute atomic E-state index is 0.140. The normalized spacial score (nSPS) is 19.6. The Morgan fingerprint density at radius 2 is 1.00 bits per heavy atom. The minimum atomic E-state index is -0.331. The van der Waals surface area contributed by atoms with Crippen molar-refractivity contribution in [3.05, 3.63) is 131 Å². The average Bonchev–Trinajstić information content (AvgIpc) is 4.10. The van der Waals surface area contributed by atoms with Crippen molar-refractivity contribution in [1.29, 1.82) is 0 Å². The first kappa shape index (κ1) is 35.8. The number of amides is 2. The number of likely N-dealkylation sites (tertiary alicyclic amines) is 2. The number of benzene rings is 2. The number of halogens is 2. The molecule has 4 atom stereocenters. The third-order valence-corrected chi connectivity index (χ3v) is 10.3. The number of ether oxygens (including phenoxy) is 2. The van der Waals surface area contributed by atoms with Gasteiger partial charge < -0.3 is 19.3 Å². The maximum absolute atomic E-state index is 13.4. The number of rotatable bonds is 14. The van der Waals surface area contributed by atoms with Gasteiger partial charge in [0.25, 0.3) is 0 Å². The van der Waals surface area contributed by atoms with E-state index in [0.29, 0.717) is 51.0 Å². The van der Waals surface area contributed by atoms with Gasteiger partial charge in [-0.2, -0.15) is 0 Å². The zero-order valence-electron chi connectivity index (χ0n) is 29.4. The van der Waals surface area contributed by atoms with E-state index in [4.69, 9.17) is 9.47 Å². The van der Waals surface area contributed by atoms with Crippen molar-refractivity contribution in [2.24, 2.45) is 11.8 Å². The van der Waals surface area contributed by atoms with Crippen LogP contribution < -0.4 is 0 Å². The van der Waals surface area contributed by atoms with Gasteiger partial charge in [-0.3, -0.25) is 19.6 Å². The Morgan fingerprint density at radius 3 is 1.31 bits per heavy atom. The lowest BCUT2D eigenvalue weighted by Crippen LogP contribution is -2.35. The second-order valence-corrected chi connectivity index (χ2v) is 14.3. The Bertz CT molecular complexity index is 1620. The maximum atomic E-state index is 13.4. The van der Waals surface area contributed by atoms with Gasteiger partial charge in [0.1, 0.15) is 23.8 Å². The molecule has 8 rings (SSSR count). The molecule has 0 radical (unpaired) electrons. The number of aromatic nitrogens is 2. The van der Waals surface area contributed by atoms with E-state index >= 15 is 0 Å². The quantitative estimate of drug-likeness (QED) is 0.132. The summed E-state index contributed by atoms with van der Waals surface area (Å²) in [5, 5.41) is 0. The molecule has 4 fully saturated rings. The number of nitrogens with zero attached hydrogens (tertiary/aromatic N) is 4. The number of carbonyl (C=O) groups is 2. The summed E-state index contributed by atoms with van der Waals surface area (Å²) >= 11 is 0. The molecule has 4 aliphatic rings. The van der Waals surface area contributed by atoms with E-state index < -0.39 is 0 Å². The van der Waals surface area contributed by atoms with Crippen molar-refractivity contribution in [3.8, 4) is 0 Å². The first-order valence-corrected chi connectivity index (χ1v) is 18.6. The Balaban J connectivity index is 0.000000162. The fourth-order valence-electron chi connectivity index (χ4n) is 7.16. The topological polar surface area (TPSA) is 84.9 Å². The van der Waals surface area contributed by atoms with Gasteiger partial charge in [0, 0.05) is 50.7 Å². The molecule has 4 heterocycles. The first-order valence-electron chi connectivity index (χ1n) is 18.6. The molecular weight excluding hydrogens is 662 g/mol. The van der Waals surface area contributed by atoms with Crippen LogP contribution in [-0.2, 0) is 19.1 Å². The van der Waals surface area contributed by atoms with Gasteiger partial charge in [-0.15, -0.1) is 0 Å². The van der Waals surface area contributed by atoms with Crippen LogP contribution in [0.2, 0.25) is 0 Å². The third kappa shape index (κ3) is 9.08. The first-order chi connectivity index (χ1) is 25.4. The molecule has 4 aromatic rings. The summed E-state index contributed by atoms with van der Waals surface area (Å²) < 4.78 is 39.5. The fourth-order valence-corrected chi connectivity index (χ4v) is 7.16. The van der Waals surface area contributed by atoms with Crippen LogP contribution in [0.3, 0.4) is 0 Å². The van der Waals surface area contributed by atoms with Gasteiger partial charge in [0.15, 0.2) is 0 Å². The molecule has 2 aromatic heterocycles. The van der Waals surface area contributed by atoms with Gasteiger partial charge in [-0.1, -0.05) is 36.4 Å². The van der Waals surface area contributed by atoms with Gasteiger partial charge in [-0.05, 0) is 109 Å². The molecule has 2 aromatic carbocycles. The molecule has 2 unspecified atom stereocenters. The van der Waals surface area contributed by atoms with Crippen molar-refractivity contribution in [2.75, 3.05) is 26.3 Å². The lowest BCUT2D eigenvalue weighted by Gasteiger charge is -2.35. The Labute approximate surface area is 304 Å². The monoisotopic (exact) mass is 708 g/mol. The van der Waals surface area contributed by atoms with Crippen LogP contribution in [0.15, 0.2) is 97.6 Å². The van der Waals surface area contributed by atoms with Crippen LogP contribution >= 0.6 is 0 Å². The van der Waals surface area contributed by atoms with Gasteiger partial charge in [0.05, 0.1) is 25.3 Å². The number of hydrogen-bond acceptors (Lipinski definition) is 6. The van der Waals surface area contributed by atoms with E-state index in [0.717, 1.165) is 35.1 Å². The van der Waals surface area contributed by atoms with Crippen molar-refractivity contribution >= 4 is 11.8 Å². The summed E-state index contributed by atoms with van der Waals surface area (Å²) in [6.07, 6.45) is 14.0. The second kappa shape index (κ2) is 16.9. The smallest absolute Gasteiger partial charge is 0.223 e. The summed E-state index contributed by atoms with van der Waals surface area (Å²) in [5.41, 5.74) is 3.68. The van der Waals surface area contributed by atoms with E-state index in [1.54, 1.807) is 49.1 Å². The maximum Gasteiger partial charge on any atom is 0.223 e. The van der Waals surface area contributed by atoms with Gasteiger partial charge >= 0.3 is 0 Å². The standard InChI is InChI=1S/2C21H23FN2O2/c2*22-18-9-7-16(8-10-18)21(26-14-15-5-6-15)20(17-3-1-11-23-13-17)24-12-2-4-19(24)25/h2*1,3,7-11,13,15,20-21H,2,4-6,12,14H2/t20?,21-;20-,21?/m00/s1. The predicted molar refractivity (Wildman–Crippen MR) is 191 cm³/mol. The highest BCUT2D eigenvalue weighted by Crippen LogP contribution is 2.42. The van der Waals surface area contributed by atoms with Crippen molar-refractivity contribution in [3.63, 3.8) is 0 Å². The average molecular weight is 709 g/mol. The minimum Gasteiger partial charge on any atom is -0.371 e. The summed E-state index contributed by atoms with van der Waals surface area (Å²) in [5.74, 6) is 0.931. The Hall–Kier alpha value is -4.54. The van der Waals surface area contributed by atoms with E-state index in [2.05, 4.69) is 9.97 Å². The second-order valence-electron chi connectivity index (χ2n) is 14.3. The number of carbonyl (C=O) groups excluding carboxylic acids is 2. The Morgan fingerprint density at radius 1 is 0.596 bits per heavy atom. The van der Waals surface area contributed by atoms with Gasteiger partial charge in [-0.25, -0.2) is 8.78 Å². The number of hydrogen-bond donors (Lipinski definition) is 0. The molecule has 2 saturated carbocycles. The Kier molecular flexibility index (Phi) is 11.6. The molecule has 2 aliphatic heterocycles. The molecule has 2 amide bonds. The fraction of sp³-hybridized carbons (Fsp3) is 0.429. The number of pyridine rings is 2. The van der Waals surface area contributed by atoms with E-state index in [-0.39, 0.29) is 47.7 Å². The molecule has 10 heteroatoms. The lowest BCUT2D eigenvalue weighted by atomic mass is 9.95. The van der Waals surface area contributed by atoms with E-state index in [9.17, 15) is 18.4 Å². The zero-order chi connectivity index (χ0) is 35.9. The molecule has 0 spiro atoms. The van der Waals surface area contributed by atoms with Crippen molar-refractivity contribution in [2.45, 2.75) is 75.7 Å². The predicted octanol–water partition coefficient (Wildman–Crippen LogP) is 8.10. The molecular formula is C42H46F2N4O4. The van der Waals surface area contributed by atoms with Crippen LogP contribution in [-0.4, -0.2) is 57.9 Å². The molecule has 272 valence electrons. The highest BCUT2D eigenvalue weighted by Gasteiger charge is 2.39. The highest BCUT2D eigenvalue weighted by molar-refractivity contribution is 5.79. The summed E-state index contributed by atoms with van der Waals surface area (Å²) in [6, 6.07) is 20.1. The highest BCUT2D eigenvalue weighted by atomic mass is 19.1. The molecule has 8 nitrogen and oxygen atoms in total. The van der Waals surface area contributed by atoms with Crippen LogP contribution in [0.4, 0.5) is 8.78 Å². The third-order valence-electron chi connectivity index (χ3n) is 10.3. The van der Waals surface area contributed by atoms with Crippen LogP contribution in [0.1, 0.15) is 97.9 Å². The van der Waals surface area contributed by atoms with E-state index in [1.807, 2.05) is 34.1 Å². The summed E-state index contributed by atoms with van der Waals surface area (Å²) in [6.45, 7) is 2.76. The largest absolute Gasteiger partial charge is 0.371 e. The summed E-state index contributed by atoms with van der Waals surface area (Å²) in [7, 11) is 0. The van der Waals surface area contributed by atoms with Crippen molar-refractivity contribution in [1.82, 2.24) is 19.8 Å². The summed E-state index contributed by atoms with van der Waals surface area (Å²) in [4.78, 5) is 37.3. The van der Waals surface area contributed by atoms with Gasteiger partial charge in [0.2, 0.25) is 11.8 Å². The molecule has 0 bridgehead atoms. The zero-order valence-corrected chi connectivity index (χ0v) is 29.4. The van der Waals surface area contributed by atoms with Crippen LogP contribution in [0.25, 0.3) is 0 Å². The molecule has 52 heavy (non-hydrogen) atoms. The molecule has 0 N–H and O–H groups in total. The molecule has 2 saturated heterocycles.